The second-order valence-corrected chi connectivity index (χ2v) is 11.2. The number of ether oxygens (including phenoxy) is 4. The molecular weight excluding hydrogens is 592 g/mol. The molecule has 0 spiro atoms. The molecule has 8 nitrogen and oxygen atoms in total. The maximum atomic E-state index is 12.1. The van der Waals surface area contributed by atoms with Gasteiger partial charge in [-0.1, -0.05) is 37.1 Å². The minimum absolute atomic E-state index is 0.214. The number of carbonyl (C=O) groups excluding carboxylic acids is 2. The summed E-state index contributed by atoms with van der Waals surface area (Å²) in [6.07, 6.45) is 14.0. The number of carbonyl (C=O) groups is 2. The molecule has 0 N–H and O–H groups in total. The third kappa shape index (κ3) is 11.9. The Hall–Kier alpha value is -4.72. The highest BCUT2D eigenvalue weighted by atomic mass is 16.5. The zero-order valence-electron chi connectivity index (χ0n) is 27.6. The van der Waals surface area contributed by atoms with Gasteiger partial charge in [0.05, 0.1) is 26.4 Å². The average Bonchev–Trinajstić information content (AvgIpc) is 3.10. The van der Waals surface area contributed by atoms with Gasteiger partial charge in [0, 0.05) is 48.8 Å². The van der Waals surface area contributed by atoms with Gasteiger partial charge in [0.1, 0.15) is 11.5 Å². The number of benzene rings is 2. The Morgan fingerprint density at radius 3 is 1.89 bits per heavy atom. The number of esters is 2. The molecule has 8 heteroatoms. The van der Waals surface area contributed by atoms with Crippen molar-refractivity contribution in [1.82, 2.24) is 9.97 Å². The van der Waals surface area contributed by atoms with Crippen LogP contribution in [0.3, 0.4) is 0 Å². The number of hydrogen-bond donors (Lipinski definition) is 0. The molecule has 4 aromatic rings. The van der Waals surface area contributed by atoms with Crippen LogP contribution in [0.15, 0.2) is 85.5 Å². The number of aryl methyl sites for hydroxylation is 1. The molecule has 0 bridgehead atoms. The summed E-state index contributed by atoms with van der Waals surface area (Å²) in [6.45, 7) is 5.39. The van der Waals surface area contributed by atoms with Crippen LogP contribution in [-0.4, -0.2) is 48.3 Å². The first-order chi connectivity index (χ1) is 23.1. The first-order valence-electron chi connectivity index (χ1n) is 16.7. The van der Waals surface area contributed by atoms with Gasteiger partial charge in [0.25, 0.3) is 0 Å². The number of pyridine rings is 2. The predicted octanol–water partition coefficient (Wildman–Crippen LogP) is 8.21. The quantitative estimate of drug-likeness (QED) is 0.0706. The van der Waals surface area contributed by atoms with Crippen molar-refractivity contribution in [2.75, 3.05) is 26.4 Å². The molecular formula is C39H46N2O6. The maximum absolute atomic E-state index is 12.1. The van der Waals surface area contributed by atoms with E-state index in [1.165, 1.54) is 5.56 Å². The van der Waals surface area contributed by atoms with Crippen LogP contribution < -0.4 is 9.47 Å². The zero-order chi connectivity index (χ0) is 33.1. The van der Waals surface area contributed by atoms with E-state index in [0.717, 1.165) is 71.4 Å². The summed E-state index contributed by atoms with van der Waals surface area (Å²) < 4.78 is 22.5. The lowest BCUT2D eigenvalue weighted by molar-refractivity contribution is -0.144. The largest absolute Gasteiger partial charge is 0.494 e. The Morgan fingerprint density at radius 1 is 0.617 bits per heavy atom. The minimum atomic E-state index is -0.217. The van der Waals surface area contributed by atoms with E-state index in [1.54, 1.807) is 19.3 Å². The van der Waals surface area contributed by atoms with Crippen LogP contribution in [0, 0.1) is 0 Å². The molecule has 0 fully saturated rings. The molecule has 47 heavy (non-hydrogen) atoms. The van der Waals surface area contributed by atoms with Crippen molar-refractivity contribution in [2.45, 2.75) is 71.6 Å². The molecule has 2 heterocycles. The molecule has 0 saturated carbocycles. The fourth-order valence-electron chi connectivity index (χ4n) is 5.40. The average molecular weight is 639 g/mol. The van der Waals surface area contributed by atoms with Crippen molar-refractivity contribution in [1.29, 1.82) is 0 Å². The summed E-state index contributed by atoms with van der Waals surface area (Å²) in [5.41, 5.74) is 6.41. The normalized spacial score (nSPS) is 10.8. The van der Waals surface area contributed by atoms with Gasteiger partial charge < -0.3 is 18.9 Å². The zero-order valence-corrected chi connectivity index (χ0v) is 27.6. The van der Waals surface area contributed by atoms with Crippen LogP contribution in [0.5, 0.6) is 11.5 Å². The molecule has 248 valence electrons. The van der Waals surface area contributed by atoms with Crippen molar-refractivity contribution in [3.8, 4) is 33.8 Å². The van der Waals surface area contributed by atoms with Gasteiger partial charge in [-0.2, -0.15) is 0 Å². The van der Waals surface area contributed by atoms with E-state index >= 15 is 0 Å². The number of unbranched alkanes of at least 4 members (excludes halogenated alkanes) is 3. The molecule has 0 unspecified atom stereocenters. The van der Waals surface area contributed by atoms with Gasteiger partial charge in [0.2, 0.25) is 0 Å². The SMILES string of the molecule is CCOC(=O)CCCOc1cccc(CCCCCCOc2cc(-c3cccnc3)cc(-c3cccnc3)c2)c1CCC(=O)OCC. The summed E-state index contributed by atoms with van der Waals surface area (Å²) in [6, 6.07) is 20.3. The molecule has 4 rings (SSSR count). The first kappa shape index (κ1) is 35.1. The van der Waals surface area contributed by atoms with Gasteiger partial charge in [0.15, 0.2) is 0 Å². The number of rotatable bonds is 20. The Kier molecular flexibility index (Phi) is 14.7. The smallest absolute Gasteiger partial charge is 0.306 e. The lowest BCUT2D eigenvalue weighted by Crippen LogP contribution is -2.10. The molecule has 2 aromatic carbocycles. The fourth-order valence-corrected chi connectivity index (χ4v) is 5.40. The Labute approximate surface area is 278 Å². The van der Waals surface area contributed by atoms with E-state index in [2.05, 4.69) is 46.4 Å². The van der Waals surface area contributed by atoms with E-state index in [4.69, 9.17) is 18.9 Å². The van der Waals surface area contributed by atoms with Crippen LogP contribution in [0.4, 0.5) is 0 Å². The van der Waals surface area contributed by atoms with Gasteiger partial charge in [-0.25, -0.2) is 0 Å². The van der Waals surface area contributed by atoms with E-state index in [0.29, 0.717) is 52.1 Å². The topological polar surface area (TPSA) is 96.8 Å². The van der Waals surface area contributed by atoms with E-state index in [-0.39, 0.29) is 11.9 Å². The summed E-state index contributed by atoms with van der Waals surface area (Å²) in [5.74, 6) is 1.17. The summed E-state index contributed by atoms with van der Waals surface area (Å²) >= 11 is 0. The first-order valence-corrected chi connectivity index (χ1v) is 16.7. The maximum Gasteiger partial charge on any atom is 0.306 e. The Bertz CT molecular complexity index is 1470. The second-order valence-electron chi connectivity index (χ2n) is 11.2. The van der Waals surface area contributed by atoms with Crippen LogP contribution in [-0.2, 0) is 31.9 Å². The van der Waals surface area contributed by atoms with Gasteiger partial charge in [-0.3, -0.25) is 19.6 Å². The van der Waals surface area contributed by atoms with Crippen molar-refractivity contribution in [3.05, 3.63) is 96.6 Å². The molecule has 0 amide bonds. The van der Waals surface area contributed by atoms with Crippen LogP contribution in [0.25, 0.3) is 22.3 Å². The Morgan fingerprint density at radius 2 is 1.26 bits per heavy atom. The molecule has 0 atom stereocenters. The molecule has 2 aromatic heterocycles. The summed E-state index contributed by atoms with van der Waals surface area (Å²) in [4.78, 5) is 32.4. The third-order valence-corrected chi connectivity index (χ3v) is 7.71. The molecule has 0 aliphatic carbocycles. The molecule has 0 aliphatic rings. The van der Waals surface area contributed by atoms with Gasteiger partial charge >= 0.3 is 11.9 Å². The highest BCUT2D eigenvalue weighted by molar-refractivity contribution is 5.74. The highest BCUT2D eigenvalue weighted by Gasteiger charge is 2.13. The van der Waals surface area contributed by atoms with E-state index < -0.39 is 0 Å². The van der Waals surface area contributed by atoms with Gasteiger partial charge in [-0.15, -0.1) is 0 Å². The lowest BCUT2D eigenvalue weighted by atomic mass is 9.96. The van der Waals surface area contributed by atoms with Crippen molar-refractivity contribution in [2.24, 2.45) is 0 Å². The number of nitrogens with zero attached hydrogens (tertiary/aromatic N) is 2. The van der Waals surface area contributed by atoms with E-state index in [9.17, 15) is 9.59 Å². The summed E-state index contributed by atoms with van der Waals surface area (Å²) in [7, 11) is 0. The minimum Gasteiger partial charge on any atom is -0.494 e. The standard InChI is InChI=1S/C39H46N2O6/c1-3-44-38(42)18-12-24-47-37-17-9-14-30(36(37)19-20-39(43)45-4-2)13-7-5-6-8-23-46-35-26-33(31-15-10-21-40-28-31)25-34(27-35)32-16-11-22-41-29-32/h9-11,14-17,21-22,25-29H,3-8,12-13,18-20,23-24H2,1-2H3. The molecule has 0 saturated heterocycles. The number of hydrogen-bond acceptors (Lipinski definition) is 8. The van der Waals surface area contributed by atoms with Gasteiger partial charge in [-0.05, 0) is 105 Å². The highest BCUT2D eigenvalue weighted by Crippen LogP contribution is 2.31. The van der Waals surface area contributed by atoms with Crippen LogP contribution in [0.2, 0.25) is 0 Å². The Balaban J connectivity index is 1.29. The fraction of sp³-hybridized carbons (Fsp3) is 0.385. The predicted molar refractivity (Wildman–Crippen MR) is 183 cm³/mol. The van der Waals surface area contributed by atoms with Crippen molar-refractivity contribution < 1.29 is 28.5 Å². The third-order valence-electron chi connectivity index (χ3n) is 7.71. The van der Waals surface area contributed by atoms with E-state index in [1.807, 2.05) is 43.6 Å². The monoisotopic (exact) mass is 638 g/mol. The second kappa shape index (κ2) is 19.7. The van der Waals surface area contributed by atoms with Crippen molar-refractivity contribution >= 4 is 11.9 Å². The van der Waals surface area contributed by atoms with Crippen LogP contribution in [0.1, 0.15) is 69.9 Å². The molecule has 0 aliphatic heterocycles. The molecule has 0 radical (unpaired) electrons. The summed E-state index contributed by atoms with van der Waals surface area (Å²) in [5, 5.41) is 0. The van der Waals surface area contributed by atoms with Crippen LogP contribution >= 0.6 is 0 Å². The lowest BCUT2D eigenvalue weighted by Gasteiger charge is -2.16. The van der Waals surface area contributed by atoms with Crippen molar-refractivity contribution in [3.63, 3.8) is 0 Å². The number of aromatic nitrogens is 2.